The van der Waals surface area contributed by atoms with Gasteiger partial charge in [0.15, 0.2) is 0 Å². The molecule has 0 amide bonds. The molecular weight excluding hydrogens is 322 g/mol. The Labute approximate surface area is 141 Å². The van der Waals surface area contributed by atoms with Gasteiger partial charge >= 0.3 is 0 Å². The standard InChI is InChI=1S/C18H19N3O2S/c1-12-5-4-6-15(9-12)11-24(22,23)21-16-7-8-17-18(10-16)20-14(3)13(2)19-17/h4-10,21H,11H2,1-3H3. The largest absolute Gasteiger partial charge is 0.283 e. The third-order valence-corrected chi connectivity index (χ3v) is 5.05. The van der Waals surface area contributed by atoms with Crippen LogP contribution < -0.4 is 4.72 Å². The van der Waals surface area contributed by atoms with Crippen LogP contribution in [-0.4, -0.2) is 18.4 Å². The first-order valence-corrected chi connectivity index (χ1v) is 9.29. The predicted molar refractivity (Wildman–Crippen MR) is 96.4 cm³/mol. The van der Waals surface area contributed by atoms with E-state index in [0.717, 1.165) is 28.0 Å². The van der Waals surface area contributed by atoms with Gasteiger partial charge in [0.2, 0.25) is 10.0 Å². The van der Waals surface area contributed by atoms with Crippen molar-refractivity contribution in [2.45, 2.75) is 26.5 Å². The molecule has 0 spiro atoms. The second kappa shape index (κ2) is 6.20. The first-order valence-electron chi connectivity index (χ1n) is 7.63. The van der Waals surface area contributed by atoms with Crippen LogP contribution in [0.2, 0.25) is 0 Å². The molecule has 0 aliphatic heterocycles. The fourth-order valence-corrected chi connectivity index (χ4v) is 3.71. The minimum atomic E-state index is -3.49. The van der Waals surface area contributed by atoms with Crippen molar-refractivity contribution < 1.29 is 8.42 Å². The third-order valence-electron chi connectivity index (χ3n) is 3.79. The highest BCUT2D eigenvalue weighted by atomic mass is 32.2. The van der Waals surface area contributed by atoms with Gasteiger partial charge in [0, 0.05) is 0 Å². The molecule has 1 aromatic heterocycles. The molecule has 0 atom stereocenters. The Bertz CT molecular complexity index is 1010. The molecule has 0 aliphatic rings. The molecule has 5 nitrogen and oxygen atoms in total. The van der Waals surface area contributed by atoms with E-state index in [1.165, 1.54) is 0 Å². The van der Waals surface area contributed by atoms with Crippen LogP contribution in [0.3, 0.4) is 0 Å². The van der Waals surface area contributed by atoms with E-state index in [9.17, 15) is 8.42 Å². The minimum Gasteiger partial charge on any atom is -0.283 e. The highest BCUT2D eigenvalue weighted by Crippen LogP contribution is 2.19. The van der Waals surface area contributed by atoms with E-state index >= 15 is 0 Å². The molecule has 1 N–H and O–H groups in total. The predicted octanol–water partition coefficient (Wildman–Crippen LogP) is 3.50. The van der Waals surface area contributed by atoms with Crippen LogP contribution in [0.1, 0.15) is 22.5 Å². The first-order chi connectivity index (χ1) is 11.3. The van der Waals surface area contributed by atoms with Crippen LogP contribution in [0.4, 0.5) is 5.69 Å². The number of hydrogen-bond donors (Lipinski definition) is 1. The number of sulfonamides is 1. The van der Waals surface area contributed by atoms with Crippen molar-refractivity contribution in [2.24, 2.45) is 0 Å². The number of rotatable bonds is 4. The van der Waals surface area contributed by atoms with Crippen molar-refractivity contribution >= 4 is 26.7 Å². The fourth-order valence-electron chi connectivity index (χ4n) is 2.53. The average Bonchev–Trinajstić information content (AvgIpc) is 2.48. The maximum absolute atomic E-state index is 12.4. The average molecular weight is 341 g/mol. The van der Waals surface area contributed by atoms with Gasteiger partial charge in [0.05, 0.1) is 33.9 Å². The van der Waals surface area contributed by atoms with E-state index in [2.05, 4.69) is 14.7 Å². The zero-order chi connectivity index (χ0) is 17.3. The summed E-state index contributed by atoms with van der Waals surface area (Å²) < 4.78 is 27.4. The highest BCUT2D eigenvalue weighted by molar-refractivity contribution is 7.91. The van der Waals surface area contributed by atoms with Crippen LogP contribution >= 0.6 is 0 Å². The quantitative estimate of drug-likeness (QED) is 0.788. The molecular formula is C18H19N3O2S. The Morgan fingerprint density at radius 1 is 0.917 bits per heavy atom. The lowest BCUT2D eigenvalue weighted by Gasteiger charge is -2.10. The fraction of sp³-hybridized carbons (Fsp3) is 0.222. The van der Waals surface area contributed by atoms with E-state index in [-0.39, 0.29) is 5.75 Å². The van der Waals surface area contributed by atoms with Gasteiger partial charge < -0.3 is 0 Å². The van der Waals surface area contributed by atoms with E-state index in [1.807, 2.05) is 45.0 Å². The second-order valence-corrected chi connectivity index (χ2v) is 7.67. The maximum Gasteiger partial charge on any atom is 0.236 e. The van der Waals surface area contributed by atoms with Gasteiger partial charge in [-0.05, 0) is 44.5 Å². The zero-order valence-electron chi connectivity index (χ0n) is 13.9. The van der Waals surface area contributed by atoms with Crippen molar-refractivity contribution in [3.8, 4) is 0 Å². The van der Waals surface area contributed by atoms with Gasteiger partial charge in [0.25, 0.3) is 0 Å². The molecule has 0 fully saturated rings. The van der Waals surface area contributed by atoms with E-state index in [1.54, 1.807) is 18.2 Å². The first kappa shape index (κ1) is 16.4. The van der Waals surface area contributed by atoms with Crippen LogP contribution in [0.25, 0.3) is 11.0 Å². The lowest BCUT2D eigenvalue weighted by molar-refractivity contribution is 0.600. The number of nitrogens with zero attached hydrogens (tertiary/aromatic N) is 2. The van der Waals surface area contributed by atoms with Gasteiger partial charge in [-0.15, -0.1) is 0 Å². The summed E-state index contributed by atoms with van der Waals surface area (Å²) >= 11 is 0. The van der Waals surface area contributed by atoms with Gasteiger partial charge in [-0.1, -0.05) is 29.8 Å². The molecule has 3 aromatic rings. The SMILES string of the molecule is Cc1cccc(CS(=O)(=O)Nc2ccc3nc(C)c(C)nc3c2)c1. The van der Waals surface area contributed by atoms with Crippen molar-refractivity contribution in [2.75, 3.05) is 4.72 Å². The van der Waals surface area contributed by atoms with Crippen molar-refractivity contribution in [3.63, 3.8) is 0 Å². The van der Waals surface area contributed by atoms with E-state index in [0.29, 0.717) is 11.2 Å². The smallest absolute Gasteiger partial charge is 0.236 e. The number of anilines is 1. The third kappa shape index (κ3) is 3.71. The van der Waals surface area contributed by atoms with Crippen molar-refractivity contribution in [1.82, 2.24) is 9.97 Å². The number of fused-ring (bicyclic) bond motifs is 1. The summed E-state index contributed by atoms with van der Waals surface area (Å²) in [5.74, 6) is -0.0642. The summed E-state index contributed by atoms with van der Waals surface area (Å²) in [6, 6.07) is 12.7. The Kier molecular flexibility index (Phi) is 4.24. The molecule has 24 heavy (non-hydrogen) atoms. The van der Waals surface area contributed by atoms with Gasteiger partial charge in [-0.2, -0.15) is 0 Å². The van der Waals surface area contributed by atoms with Crippen LogP contribution in [-0.2, 0) is 15.8 Å². The molecule has 0 radical (unpaired) electrons. The molecule has 6 heteroatoms. The molecule has 0 aliphatic carbocycles. The Hall–Kier alpha value is -2.47. The number of hydrogen-bond acceptors (Lipinski definition) is 4. The summed E-state index contributed by atoms with van der Waals surface area (Å²) in [4.78, 5) is 8.91. The van der Waals surface area contributed by atoms with E-state index in [4.69, 9.17) is 0 Å². The van der Waals surface area contributed by atoms with Gasteiger partial charge in [-0.3, -0.25) is 4.72 Å². The summed E-state index contributed by atoms with van der Waals surface area (Å²) in [7, 11) is -3.49. The van der Waals surface area contributed by atoms with Crippen LogP contribution in [0.15, 0.2) is 42.5 Å². The summed E-state index contributed by atoms with van der Waals surface area (Å²) in [6.07, 6.45) is 0. The number of aryl methyl sites for hydroxylation is 3. The lowest BCUT2D eigenvalue weighted by atomic mass is 10.2. The minimum absolute atomic E-state index is 0.0642. The monoisotopic (exact) mass is 341 g/mol. The van der Waals surface area contributed by atoms with Crippen molar-refractivity contribution in [3.05, 3.63) is 65.0 Å². The van der Waals surface area contributed by atoms with Gasteiger partial charge in [-0.25, -0.2) is 18.4 Å². The summed E-state index contributed by atoms with van der Waals surface area (Å²) in [5, 5.41) is 0. The number of nitrogens with one attached hydrogen (secondary N) is 1. The molecule has 0 bridgehead atoms. The van der Waals surface area contributed by atoms with Gasteiger partial charge in [0.1, 0.15) is 0 Å². The number of benzene rings is 2. The molecule has 0 saturated carbocycles. The molecule has 1 heterocycles. The Morgan fingerprint density at radius 2 is 1.62 bits per heavy atom. The molecule has 2 aromatic carbocycles. The highest BCUT2D eigenvalue weighted by Gasteiger charge is 2.13. The lowest BCUT2D eigenvalue weighted by Crippen LogP contribution is -2.15. The normalized spacial score (nSPS) is 11.6. The summed E-state index contributed by atoms with van der Waals surface area (Å²) in [6.45, 7) is 5.73. The topological polar surface area (TPSA) is 72.0 Å². The van der Waals surface area contributed by atoms with Crippen LogP contribution in [0, 0.1) is 20.8 Å². The Balaban J connectivity index is 1.86. The molecule has 0 saturated heterocycles. The zero-order valence-corrected chi connectivity index (χ0v) is 14.7. The summed E-state index contributed by atoms with van der Waals surface area (Å²) in [5.41, 5.74) is 5.42. The van der Waals surface area contributed by atoms with Crippen LogP contribution in [0.5, 0.6) is 0 Å². The molecule has 3 rings (SSSR count). The van der Waals surface area contributed by atoms with E-state index < -0.39 is 10.0 Å². The number of aromatic nitrogens is 2. The second-order valence-electron chi connectivity index (χ2n) is 5.95. The van der Waals surface area contributed by atoms with Crippen molar-refractivity contribution in [1.29, 1.82) is 0 Å². The maximum atomic E-state index is 12.4. The molecule has 0 unspecified atom stereocenters. The molecule has 124 valence electrons. The Morgan fingerprint density at radius 3 is 2.33 bits per heavy atom.